The van der Waals surface area contributed by atoms with Gasteiger partial charge in [0, 0.05) is 6.20 Å². The molecule has 2 aromatic heterocycles. The minimum atomic E-state index is -0.478. The molecule has 4 heteroatoms. The summed E-state index contributed by atoms with van der Waals surface area (Å²) in [5, 5.41) is 1.99. The Balaban J connectivity index is 2.29. The molecule has 0 saturated carbocycles. The zero-order valence-electron chi connectivity index (χ0n) is 10.1. The standard InChI is InChI=1S/C13H15NO2S/c1-13(2,3)16-12(15)14-8-4-6-10(14)11-7-5-9-17-11/h4-9H,1-3H3. The molecule has 0 aromatic carbocycles. The fourth-order valence-corrected chi connectivity index (χ4v) is 2.22. The van der Waals surface area contributed by atoms with Crippen molar-refractivity contribution in [3.8, 4) is 10.6 Å². The number of hydrogen-bond donors (Lipinski definition) is 0. The Kier molecular flexibility index (Phi) is 3.07. The predicted octanol–water partition coefficient (Wildman–Crippen LogP) is 4.00. The predicted molar refractivity (Wildman–Crippen MR) is 69.4 cm³/mol. The first-order valence-corrected chi connectivity index (χ1v) is 6.30. The Labute approximate surface area is 105 Å². The lowest BCUT2D eigenvalue weighted by atomic mass is 10.2. The molecule has 90 valence electrons. The van der Waals surface area contributed by atoms with Crippen LogP contribution in [-0.4, -0.2) is 16.3 Å². The Hall–Kier alpha value is -1.55. The largest absolute Gasteiger partial charge is 0.443 e. The summed E-state index contributed by atoms with van der Waals surface area (Å²) in [5.74, 6) is 0. The third-order valence-electron chi connectivity index (χ3n) is 2.11. The van der Waals surface area contributed by atoms with Crippen molar-refractivity contribution in [2.75, 3.05) is 0 Å². The maximum absolute atomic E-state index is 12.0. The monoisotopic (exact) mass is 249 g/mol. The number of carbonyl (C=O) groups is 1. The third kappa shape index (κ3) is 2.77. The van der Waals surface area contributed by atoms with Crippen LogP contribution in [0.4, 0.5) is 4.79 Å². The van der Waals surface area contributed by atoms with Gasteiger partial charge in [-0.25, -0.2) is 4.79 Å². The van der Waals surface area contributed by atoms with Crippen molar-refractivity contribution < 1.29 is 9.53 Å². The molecule has 17 heavy (non-hydrogen) atoms. The van der Waals surface area contributed by atoms with Crippen LogP contribution in [0, 0.1) is 0 Å². The number of ether oxygens (including phenoxy) is 1. The molecule has 0 bridgehead atoms. The van der Waals surface area contributed by atoms with Crippen LogP contribution in [0.3, 0.4) is 0 Å². The lowest BCUT2D eigenvalue weighted by Crippen LogP contribution is -2.27. The highest BCUT2D eigenvalue weighted by Gasteiger charge is 2.19. The van der Waals surface area contributed by atoms with E-state index in [2.05, 4.69) is 0 Å². The summed E-state index contributed by atoms with van der Waals surface area (Å²) in [4.78, 5) is 13.0. The van der Waals surface area contributed by atoms with Crippen LogP contribution in [-0.2, 0) is 4.74 Å². The van der Waals surface area contributed by atoms with Gasteiger partial charge in [-0.1, -0.05) is 6.07 Å². The second-order valence-electron chi connectivity index (χ2n) is 4.72. The van der Waals surface area contributed by atoms with E-state index in [0.717, 1.165) is 10.6 Å². The van der Waals surface area contributed by atoms with E-state index in [1.54, 1.807) is 17.5 Å². The summed E-state index contributed by atoms with van der Waals surface area (Å²) in [6, 6.07) is 7.71. The van der Waals surface area contributed by atoms with Crippen molar-refractivity contribution in [1.29, 1.82) is 0 Å². The summed E-state index contributed by atoms with van der Waals surface area (Å²) in [5.41, 5.74) is 0.392. The minimum absolute atomic E-state index is 0.342. The molecule has 0 aliphatic rings. The topological polar surface area (TPSA) is 31.2 Å². The first kappa shape index (κ1) is 11.9. The van der Waals surface area contributed by atoms with E-state index in [1.165, 1.54) is 4.57 Å². The van der Waals surface area contributed by atoms with Gasteiger partial charge in [0.2, 0.25) is 0 Å². The molecule has 2 heterocycles. The van der Waals surface area contributed by atoms with Gasteiger partial charge in [-0.05, 0) is 44.4 Å². The maximum atomic E-state index is 12.0. The number of rotatable bonds is 1. The third-order valence-corrected chi connectivity index (χ3v) is 3.00. The second kappa shape index (κ2) is 4.37. The van der Waals surface area contributed by atoms with Gasteiger partial charge in [0.1, 0.15) is 5.60 Å². The number of nitrogens with zero attached hydrogens (tertiary/aromatic N) is 1. The first-order valence-electron chi connectivity index (χ1n) is 5.42. The molecule has 2 rings (SSSR count). The summed E-state index contributed by atoms with van der Waals surface area (Å²) in [6.07, 6.45) is 1.38. The van der Waals surface area contributed by atoms with Crippen molar-refractivity contribution in [1.82, 2.24) is 4.57 Å². The molecule has 0 fully saturated rings. The molecule has 0 N–H and O–H groups in total. The van der Waals surface area contributed by atoms with E-state index in [1.807, 2.05) is 50.4 Å². The highest BCUT2D eigenvalue weighted by molar-refractivity contribution is 7.13. The SMILES string of the molecule is CC(C)(C)OC(=O)n1cccc1-c1cccs1. The number of hydrogen-bond acceptors (Lipinski definition) is 3. The smallest absolute Gasteiger partial charge is 0.419 e. The van der Waals surface area contributed by atoms with E-state index in [4.69, 9.17) is 4.74 Å². The average Bonchev–Trinajstić information content (AvgIpc) is 2.85. The molecule has 0 radical (unpaired) electrons. The minimum Gasteiger partial charge on any atom is -0.443 e. The molecular weight excluding hydrogens is 234 g/mol. The molecule has 2 aromatic rings. The Morgan fingerprint density at radius 2 is 2.06 bits per heavy atom. The molecule has 0 amide bonds. The fourth-order valence-electron chi connectivity index (χ4n) is 1.48. The zero-order valence-corrected chi connectivity index (χ0v) is 11.0. The number of thiophene rings is 1. The van der Waals surface area contributed by atoms with Gasteiger partial charge in [-0.15, -0.1) is 11.3 Å². The van der Waals surface area contributed by atoms with Crippen LogP contribution in [0.1, 0.15) is 20.8 Å². The second-order valence-corrected chi connectivity index (χ2v) is 5.67. The summed E-state index contributed by atoms with van der Waals surface area (Å²) >= 11 is 1.60. The van der Waals surface area contributed by atoms with E-state index in [9.17, 15) is 4.79 Å². The summed E-state index contributed by atoms with van der Waals surface area (Å²) in [6.45, 7) is 5.58. The van der Waals surface area contributed by atoms with Gasteiger partial charge >= 0.3 is 6.09 Å². The van der Waals surface area contributed by atoms with Gasteiger partial charge in [-0.3, -0.25) is 4.57 Å². The first-order chi connectivity index (χ1) is 7.97. The van der Waals surface area contributed by atoms with Crippen LogP contribution in [0.25, 0.3) is 10.6 Å². The summed E-state index contributed by atoms with van der Waals surface area (Å²) < 4.78 is 6.89. The van der Waals surface area contributed by atoms with Crippen molar-refractivity contribution >= 4 is 17.4 Å². The lowest BCUT2D eigenvalue weighted by Gasteiger charge is -2.20. The van der Waals surface area contributed by atoms with Gasteiger partial charge in [0.25, 0.3) is 0 Å². The molecular formula is C13H15NO2S. The van der Waals surface area contributed by atoms with Gasteiger partial charge < -0.3 is 4.74 Å². The van der Waals surface area contributed by atoms with Crippen LogP contribution in [0.15, 0.2) is 35.8 Å². The Bertz CT molecular complexity index is 506. The molecule has 0 aliphatic heterocycles. The van der Waals surface area contributed by atoms with Crippen LogP contribution < -0.4 is 0 Å². The maximum Gasteiger partial charge on any atom is 0.419 e. The lowest BCUT2D eigenvalue weighted by molar-refractivity contribution is 0.0540. The van der Waals surface area contributed by atoms with Crippen molar-refractivity contribution in [2.45, 2.75) is 26.4 Å². The molecule has 0 aliphatic carbocycles. The van der Waals surface area contributed by atoms with Crippen molar-refractivity contribution in [3.63, 3.8) is 0 Å². The zero-order chi connectivity index (χ0) is 12.5. The normalized spacial score (nSPS) is 11.5. The van der Waals surface area contributed by atoms with Crippen LogP contribution >= 0.6 is 11.3 Å². The Morgan fingerprint density at radius 1 is 1.29 bits per heavy atom. The summed E-state index contributed by atoms with van der Waals surface area (Å²) in [7, 11) is 0. The Morgan fingerprint density at radius 3 is 2.65 bits per heavy atom. The van der Waals surface area contributed by atoms with E-state index in [0.29, 0.717) is 0 Å². The number of aromatic nitrogens is 1. The molecule has 3 nitrogen and oxygen atoms in total. The number of carbonyl (C=O) groups excluding carboxylic acids is 1. The van der Waals surface area contributed by atoms with E-state index in [-0.39, 0.29) is 6.09 Å². The van der Waals surface area contributed by atoms with Crippen molar-refractivity contribution in [3.05, 3.63) is 35.8 Å². The molecule has 0 unspecified atom stereocenters. The van der Waals surface area contributed by atoms with E-state index >= 15 is 0 Å². The fraction of sp³-hybridized carbons (Fsp3) is 0.308. The van der Waals surface area contributed by atoms with Crippen LogP contribution in [0.5, 0.6) is 0 Å². The van der Waals surface area contributed by atoms with Gasteiger partial charge in [-0.2, -0.15) is 0 Å². The molecule has 0 atom stereocenters. The molecule has 0 saturated heterocycles. The van der Waals surface area contributed by atoms with Crippen molar-refractivity contribution in [2.24, 2.45) is 0 Å². The highest BCUT2D eigenvalue weighted by atomic mass is 32.1. The van der Waals surface area contributed by atoms with E-state index < -0.39 is 5.60 Å². The average molecular weight is 249 g/mol. The van der Waals surface area contributed by atoms with Crippen LogP contribution in [0.2, 0.25) is 0 Å². The van der Waals surface area contributed by atoms with Gasteiger partial charge in [0.05, 0.1) is 10.6 Å². The highest BCUT2D eigenvalue weighted by Crippen LogP contribution is 2.25. The van der Waals surface area contributed by atoms with Gasteiger partial charge in [0.15, 0.2) is 0 Å². The quantitative estimate of drug-likeness (QED) is 0.765. The molecule has 0 spiro atoms.